The monoisotopic (exact) mass is 345 g/mol. The normalized spacial score (nSPS) is 9.88. The zero-order chi connectivity index (χ0) is 18.2. The van der Waals surface area contributed by atoms with Gasteiger partial charge in [-0.15, -0.1) is 0 Å². The summed E-state index contributed by atoms with van der Waals surface area (Å²) in [4.78, 5) is 24.2. The van der Waals surface area contributed by atoms with E-state index in [0.717, 1.165) is 0 Å². The molecule has 0 fully saturated rings. The Hall–Kier alpha value is -3.22. The van der Waals surface area contributed by atoms with Gasteiger partial charge in [-0.3, -0.25) is 4.79 Å². The van der Waals surface area contributed by atoms with Gasteiger partial charge in [-0.05, 0) is 36.4 Å². The zero-order valence-corrected chi connectivity index (χ0v) is 14.2. The van der Waals surface area contributed by atoms with Gasteiger partial charge in [0.05, 0.1) is 21.3 Å². The van der Waals surface area contributed by atoms with Crippen LogP contribution in [0, 0.1) is 0 Å². The molecule has 0 saturated heterocycles. The lowest BCUT2D eigenvalue weighted by Gasteiger charge is -2.12. The highest BCUT2D eigenvalue weighted by Crippen LogP contribution is 2.28. The number of carbonyl (C=O) groups excluding carboxylic acids is 2. The van der Waals surface area contributed by atoms with Gasteiger partial charge in [-0.2, -0.15) is 0 Å². The lowest BCUT2D eigenvalue weighted by molar-refractivity contribution is -0.119. The van der Waals surface area contributed by atoms with Crippen molar-refractivity contribution >= 4 is 17.6 Å². The molecular formula is C18H19NO6. The summed E-state index contributed by atoms with van der Waals surface area (Å²) in [5, 5.41) is 2.62. The van der Waals surface area contributed by atoms with Crippen LogP contribution in [0.25, 0.3) is 0 Å². The van der Waals surface area contributed by atoms with Gasteiger partial charge in [0, 0.05) is 5.69 Å². The third-order valence-corrected chi connectivity index (χ3v) is 3.34. The van der Waals surface area contributed by atoms with Gasteiger partial charge in [0.25, 0.3) is 5.91 Å². The molecular weight excluding hydrogens is 326 g/mol. The largest absolute Gasteiger partial charge is 0.497 e. The van der Waals surface area contributed by atoms with E-state index in [1.54, 1.807) is 49.6 Å². The number of ether oxygens (including phenoxy) is 4. The second-order valence-electron chi connectivity index (χ2n) is 4.89. The molecule has 0 spiro atoms. The predicted molar refractivity (Wildman–Crippen MR) is 91.5 cm³/mol. The molecule has 0 unspecified atom stereocenters. The first-order valence-corrected chi connectivity index (χ1v) is 7.41. The molecule has 0 aliphatic heterocycles. The Kier molecular flexibility index (Phi) is 6.22. The van der Waals surface area contributed by atoms with Crippen molar-refractivity contribution in [1.82, 2.24) is 0 Å². The first-order valence-electron chi connectivity index (χ1n) is 7.41. The molecule has 132 valence electrons. The first-order chi connectivity index (χ1) is 12.1. The first kappa shape index (κ1) is 18.1. The maximum absolute atomic E-state index is 12.3. The summed E-state index contributed by atoms with van der Waals surface area (Å²) in [7, 11) is 4.42. The van der Waals surface area contributed by atoms with Crippen molar-refractivity contribution in [1.29, 1.82) is 0 Å². The summed E-state index contributed by atoms with van der Waals surface area (Å²) in [6.07, 6.45) is 0. The van der Waals surface area contributed by atoms with Crippen LogP contribution in [0.3, 0.4) is 0 Å². The SMILES string of the molecule is COc1ccc(NC(=O)COC(=O)c2c(OC)cccc2OC)cc1. The summed E-state index contributed by atoms with van der Waals surface area (Å²) in [6.45, 7) is -0.438. The molecule has 2 rings (SSSR count). The molecule has 7 nitrogen and oxygen atoms in total. The summed E-state index contributed by atoms with van der Waals surface area (Å²) in [5.41, 5.74) is 0.696. The number of hydrogen-bond donors (Lipinski definition) is 1. The van der Waals surface area contributed by atoms with Crippen LogP contribution in [-0.2, 0) is 9.53 Å². The third kappa shape index (κ3) is 4.63. The van der Waals surface area contributed by atoms with Crippen molar-refractivity contribution in [3.8, 4) is 17.2 Å². The average molecular weight is 345 g/mol. The number of esters is 1. The molecule has 0 heterocycles. The Morgan fingerprint density at radius 2 is 1.48 bits per heavy atom. The summed E-state index contributed by atoms with van der Waals surface area (Å²) < 4.78 is 20.4. The highest BCUT2D eigenvalue weighted by atomic mass is 16.5. The van der Waals surface area contributed by atoms with E-state index >= 15 is 0 Å². The molecule has 0 aromatic heterocycles. The third-order valence-electron chi connectivity index (χ3n) is 3.34. The molecule has 0 bridgehead atoms. The van der Waals surface area contributed by atoms with Crippen LogP contribution in [0.4, 0.5) is 5.69 Å². The second-order valence-corrected chi connectivity index (χ2v) is 4.89. The zero-order valence-electron chi connectivity index (χ0n) is 14.2. The van der Waals surface area contributed by atoms with Crippen LogP contribution in [0.2, 0.25) is 0 Å². The predicted octanol–water partition coefficient (Wildman–Crippen LogP) is 2.51. The fourth-order valence-electron chi connectivity index (χ4n) is 2.13. The van der Waals surface area contributed by atoms with E-state index in [4.69, 9.17) is 18.9 Å². The van der Waals surface area contributed by atoms with E-state index in [1.807, 2.05) is 0 Å². The van der Waals surface area contributed by atoms with Crippen LogP contribution >= 0.6 is 0 Å². The highest BCUT2D eigenvalue weighted by Gasteiger charge is 2.20. The van der Waals surface area contributed by atoms with Gasteiger partial charge in [-0.1, -0.05) is 6.07 Å². The topological polar surface area (TPSA) is 83.1 Å². The summed E-state index contributed by atoms with van der Waals surface area (Å²) in [6, 6.07) is 11.7. The summed E-state index contributed by atoms with van der Waals surface area (Å²) >= 11 is 0. The van der Waals surface area contributed by atoms with Crippen molar-refractivity contribution < 1.29 is 28.5 Å². The van der Waals surface area contributed by atoms with E-state index < -0.39 is 18.5 Å². The molecule has 2 aromatic carbocycles. The van der Waals surface area contributed by atoms with Crippen molar-refractivity contribution in [3.63, 3.8) is 0 Å². The lowest BCUT2D eigenvalue weighted by Crippen LogP contribution is -2.21. The number of benzene rings is 2. The Morgan fingerprint density at radius 3 is 2.00 bits per heavy atom. The van der Waals surface area contributed by atoms with E-state index in [9.17, 15) is 9.59 Å². The number of methoxy groups -OCH3 is 3. The Bertz CT molecular complexity index is 719. The molecule has 0 saturated carbocycles. The van der Waals surface area contributed by atoms with Gasteiger partial charge in [-0.25, -0.2) is 4.79 Å². The molecule has 2 aromatic rings. The Balaban J connectivity index is 1.98. The Labute approximate surface area is 145 Å². The fourth-order valence-corrected chi connectivity index (χ4v) is 2.13. The van der Waals surface area contributed by atoms with Gasteiger partial charge >= 0.3 is 5.97 Å². The van der Waals surface area contributed by atoms with Gasteiger partial charge < -0.3 is 24.3 Å². The smallest absolute Gasteiger partial charge is 0.346 e. The van der Waals surface area contributed by atoms with Crippen LogP contribution in [0.15, 0.2) is 42.5 Å². The van der Waals surface area contributed by atoms with Gasteiger partial charge in [0.15, 0.2) is 6.61 Å². The molecule has 0 aliphatic carbocycles. The van der Waals surface area contributed by atoms with Crippen LogP contribution in [-0.4, -0.2) is 39.8 Å². The minimum Gasteiger partial charge on any atom is -0.497 e. The fraction of sp³-hybridized carbons (Fsp3) is 0.222. The van der Waals surface area contributed by atoms with Crippen molar-refractivity contribution in [2.24, 2.45) is 0 Å². The highest BCUT2D eigenvalue weighted by molar-refractivity contribution is 5.98. The number of rotatable bonds is 7. The standard InChI is InChI=1S/C18H19NO6/c1-22-13-9-7-12(8-10-13)19-16(20)11-25-18(21)17-14(23-2)5-4-6-15(17)24-3/h4-10H,11H2,1-3H3,(H,19,20). The maximum Gasteiger partial charge on any atom is 0.346 e. The molecule has 7 heteroatoms. The summed E-state index contributed by atoms with van der Waals surface area (Å²) in [5.74, 6) is 0.110. The molecule has 25 heavy (non-hydrogen) atoms. The lowest BCUT2D eigenvalue weighted by atomic mass is 10.2. The Morgan fingerprint density at radius 1 is 0.880 bits per heavy atom. The van der Waals surface area contributed by atoms with Gasteiger partial charge in [0.2, 0.25) is 0 Å². The number of nitrogens with one attached hydrogen (secondary N) is 1. The number of carbonyl (C=O) groups is 2. The molecule has 1 amide bonds. The second kappa shape index (κ2) is 8.58. The number of hydrogen-bond acceptors (Lipinski definition) is 6. The molecule has 0 atom stereocenters. The average Bonchev–Trinajstić information content (AvgIpc) is 2.65. The van der Waals surface area contributed by atoms with E-state index in [0.29, 0.717) is 22.9 Å². The minimum atomic E-state index is -0.709. The number of amides is 1. The van der Waals surface area contributed by atoms with Crippen molar-refractivity contribution in [3.05, 3.63) is 48.0 Å². The van der Waals surface area contributed by atoms with Crippen LogP contribution in [0.1, 0.15) is 10.4 Å². The van der Waals surface area contributed by atoms with Crippen LogP contribution < -0.4 is 19.5 Å². The quantitative estimate of drug-likeness (QED) is 0.777. The maximum atomic E-state index is 12.3. The van der Waals surface area contributed by atoms with Gasteiger partial charge in [0.1, 0.15) is 22.8 Å². The molecule has 0 radical (unpaired) electrons. The molecule has 0 aliphatic rings. The van der Waals surface area contributed by atoms with E-state index in [2.05, 4.69) is 5.32 Å². The van der Waals surface area contributed by atoms with Crippen molar-refractivity contribution in [2.75, 3.05) is 33.3 Å². The van der Waals surface area contributed by atoms with Crippen LogP contribution in [0.5, 0.6) is 17.2 Å². The minimum absolute atomic E-state index is 0.129. The molecule has 1 N–H and O–H groups in total. The number of anilines is 1. The van der Waals surface area contributed by atoms with E-state index in [-0.39, 0.29) is 5.56 Å². The van der Waals surface area contributed by atoms with Crippen molar-refractivity contribution in [2.45, 2.75) is 0 Å². The van der Waals surface area contributed by atoms with E-state index in [1.165, 1.54) is 14.2 Å².